The first-order valence-corrected chi connectivity index (χ1v) is 25.4. The van der Waals surface area contributed by atoms with Crippen LogP contribution in [0.3, 0.4) is 0 Å². The van der Waals surface area contributed by atoms with Crippen molar-refractivity contribution in [3.8, 4) is 5.75 Å². The minimum Gasteiger partial charge on any atom is -0.487 e. The summed E-state index contributed by atoms with van der Waals surface area (Å²) < 4.78 is 37.8. The van der Waals surface area contributed by atoms with Crippen molar-refractivity contribution in [2.75, 3.05) is 56.8 Å². The molecule has 8 rings (SSSR count). The van der Waals surface area contributed by atoms with Crippen LogP contribution in [0.25, 0.3) is 0 Å². The zero-order valence-corrected chi connectivity index (χ0v) is 40.6. The lowest BCUT2D eigenvalue weighted by Gasteiger charge is -2.40. The normalized spacial score (nSPS) is 22.3. The van der Waals surface area contributed by atoms with E-state index in [1.165, 1.54) is 22.3 Å². The number of rotatable bonds is 23. The first kappa shape index (κ1) is 50.8. The fraction of sp³-hybridized carbons (Fsp3) is 0.500. The number of hydrogen-bond acceptors (Lipinski definition) is 14. The van der Waals surface area contributed by atoms with E-state index in [4.69, 9.17) is 35.5 Å². The average molecular weight is 1000 g/mol. The second kappa shape index (κ2) is 24.5. The predicted octanol–water partition coefficient (Wildman–Crippen LogP) is 6.48. The third kappa shape index (κ3) is 13.4. The highest BCUT2D eigenvalue weighted by molar-refractivity contribution is 7.13. The summed E-state index contributed by atoms with van der Waals surface area (Å²) in [5.41, 5.74) is 1.68. The molecule has 3 fully saturated rings. The second-order valence-electron chi connectivity index (χ2n) is 18.1. The van der Waals surface area contributed by atoms with Gasteiger partial charge in [-0.05, 0) is 94.2 Å². The van der Waals surface area contributed by atoms with E-state index in [1.807, 2.05) is 23.6 Å². The van der Waals surface area contributed by atoms with Crippen LogP contribution in [0.5, 0.6) is 5.75 Å². The maximum Gasteiger partial charge on any atom is 0.255 e. The molecular formula is C50H60ClFN8O9S. The largest absolute Gasteiger partial charge is 0.487 e. The van der Waals surface area contributed by atoms with Gasteiger partial charge in [-0.2, -0.15) is 0 Å². The molecular weight excluding hydrogens is 943 g/mol. The fourth-order valence-electron chi connectivity index (χ4n) is 9.63. The molecule has 5 amide bonds. The first-order chi connectivity index (χ1) is 34.0. The van der Waals surface area contributed by atoms with E-state index in [9.17, 15) is 28.4 Å². The number of carbonyl (C=O) groups is 5. The van der Waals surface area contributed by atoms with Crippen molar-refractivity contribution < 1.29 is 47.3 Å². The van der Waals surface area contributed by atoms with Crippen LogP contribution < -0.4 is 31.3 Å². The molecule has 4 aromatic rings. The predicted molar refractivity (Wildman–Crippen MR) is 260 cm³/mol. The number of aromatic nitrogens is 2. The van der Waals surface area contributed by atoms with Crippen molar-refractivity contribution in [1.82, 2.24) is 30.8 Å². The third-order valence-corrected chi connectivity index (χ3v) is 14.4. The van der Waals surface area contributed by atoms with Crippen LogP contribution >= 0.6 is 22.9 Å². The van der Waals surface area contributed by atoms with Crippen LogP contribution in [-0.4, -0.2) is 115 Å². The van der Waals surface area contributed by atoms with Gasteiger partial charge in [0.15, 0.2) is 16.7 Å². The molecule has 70 heavy (non-hydrogen) atoms. The monoisotopic (exact) mass is 1000 g/mol. The van der Waals surface area contributed by atoms with Gasteiger partial charge >= 0.3 is 0 Å². The molecule has 2 aliphatic carbocycles. The maximum absolute atomic E-state index is 14.7. The first-order valence-electron chi connectivity index (χ1n) is 24.1. The number of pyridine rings is 1. The number of fused-ring (bicyclic) bond motifs is 1. The molecule has 17 nitrogen and oxygen atoms in total. The van der Waals surface area contributed by atoms with Gasteiger partial charge in [0.2, 0.25) is 23.6 Å². The molecule has 1 unspecified atom stereocenters. The molecule has 2 saturated carbocycles. The van der Waals surface area contributed by atoms with Gasteiger partial charge in [0.05, 0.1) is 62.6 Å². The van der Waals surface area contributed by atoms with Gasteiger partial charge in [0.1, 0.15) is 11.9 Å². The average Bonchev–Trinajstić information content (AvgIpc) is 3.99. The number of hydrogen-bond donors (Lipinski definition) is 5. The Labute approximate surface area is 415 Å². The van der Waals surface area contributed by atoms with Crippen LogP contribution in [-0.2, 0) is 46.4 Å². The van der Waals surface area contributed by atoms with Crippen LogP contribution in [0, 0.1) is 11.2 Å². The summed E-state index contributed by atoms with van der Waals surface area (Å²) in [5, 5.41) is 18.1. The summed E-state index contributed by atoms with van der Waals surface area (Å²) in [5.74, 6) is -1.16. The number of thiazole rings is 1. The summed E-state index contributed by atoms with van der Waals surface area (Å²) in [7, 11) is 0. The molecule has 0 bridgehead atoms. The molecule has 2 aliphatic heterocycles. The van der Waals surface area contributed by atoms with Crippen molar-refractivity contribution >= 4 is 69.1 Å². The van der Waals surface area contributed by atoms with Gasteiger partial charge < -0.3 is 45.1 Å². The Bertz CT molecular complexity index is 2450. The van der Waals surface area contributed by atoms with E-state index in [1.54, 1.807) is 36.5 Å². The van der Waals surface area contributed by atoms with Crippen molar-refractivity contribution in [2.24, 2.45) is 5.41 Å². The van der Waals surface area contributed by atoms with Gasteiger partial charge in [0.25, 0.3) is 5.91 Å². The van der Waals surface area contributed by atoms with E-state index >= 15 is 0 Å². The van der Waals surface area contributed by atoms with Gasteiger partial charge in [-0.1, -0.05) is 29.8 Å². The van der Waals surface area contributed by atoms with E-state index in [0.717, 1.165) is 36.5 Å². The summed E-state index contributed by atoms with van der Waals surface area (Å²) >= 11 is 7.50. The van der Waals surface area contributed by atoms with Crippen LogP contribution in [0.4, 0.5) is 21.0 Å². The van der Waals surface area contributed by atoms with Crippen molar-refractivity contribution in [3.05, 3.63) is 93.8 Å². The van der Waals surface area contributed by atoms with E-state index in [0.29, 0.717) is 100 Å². The van der Waals surface area contributed by atoms with Gasteiger partial charge in [-0.3, -0.25) is 29.3 Å². The molecule has 0 radical (unpaired) electrons. The number of nitrogens with zero attached hydrogens (tertiary/aromatic N) is 3. The fourth-order valence-corrected chi connectivity index (χ4v) is 10.3. The Morgan fingerprint density at radius 3 is 2.36 bits per heavy atom. The van der Waals surface area contributed by atoms with E-state index in [2.05, 4.69) is 31.6 Å². The van der Waals surface area contributed by atoms with Crippen molar-refractivity contribution in [1.29, 1.82) is 0 Å². The molecule has 4 heterocycles. The van der Waals surface area contributed by atoms with Gasteiger partial charge in [0, 0.05) is 72.1 Å². The lowest BCUT2D eigenvalue weighted by atomic mass is 9.69. The number of benzene rings is 2. The standard InChI is InChI=1S/C50H60ClFN8O9S/c51-38-6-3-8-41(45(38)52)69-35-16-19-50(20-17-35,30-34-4-1-9-42(55-34)58-49-54-22-29-70-49)48(65)56-33-12-10-32(11-13-33)53-21-24-67-26-28-68-27-25-66-23-18-44(62)57-39-7-2-5-36-37(39)31-60(47(36)64)40-14-15-43(61)59-46(40)63/h1-9,22,29,32-33,35,40,53H,10-21,23-28,30-31H2,(H,56,65)(H,57,62)(H,54,55,58)(H,59,61,63). The number of ether oxygens (including phenoxy) is 4. The number of piperidine rings is 1. The highest BCUT2D eigenvalue weighted by Gasteiger charge is 2.44. The summed E-state index contributed by atoms with van der Waals surface area (Å²) in [4.78, 5) is 74.8. The van der Waals surface area contributed by atoms with Gasteiger partial charge in [-0.15, -0.1) is 11.3 Å². The topological polar surface area (TPSA) is 211 Å². The zero-order chi connectivity index (χ0) is 48.9. The number of nitrogens with one attached hydrogen (secondary N) is 5. The SMILES string of the molecule is O=C1CCC(N2Cc3c(NC(=O)CCOCCOCCOCCNC4CCC(NC(=O)C5(Cc6cccc(Nc7nccs7)n6)CCC(Oc6cccc(Cl)c6F)CC5)CC4)cccc3C2=O)C(=O)N1. The molecule has 2 aromatic heterocycles. The van der Waals surface area contributed by atoms with Crippen LogP contribution in [0.15, 0.2) is 66.2 Å². The lowest BCUT2D eigenvalue weighted by molar-refractivity contribution is -0.137. The summed E-state index contributed by atoms with van der Waals surface area (Å²) in [6.07, 6.45) is 8.35. The Kier molecular flexibility index (Phi) is 17.8. The minimum absolute atomic E-state index is 0.0131. The van der Waals surface area contributed by atoms with Crippen molar-refractivity contribution in [3.63, 3.8) is 0 Å². The molecule has 4 aliphatic rings. The number of halogens is 2. The van der Waals surface area contributed by atoms with E-state index in [-0.39, 0.29) is 79.0 Å². The number of anilines is 3. The number of carbonyl (C=O) groups excluding carboxylic acids is 5. The third-order valence-electron chi connectivity index (χ3n) is 13.4. The molecule has 2 aromatic carbocycles. The van der Waals surface area contributed by atoms with E-state index < -0.39 is 23.2 Å². The lowest BCUT2D eigenvalue weighted by Crippen LogP contribution is -2.52. The minimum atomic E-state index is -0.733. The molecule has 1 atom stereocenters. The molecule has 20 heteroatoms. The maximum atomic E-state index is 14.7. The molecule has 374 valence electrons. The van der Waals surface area contributed by atoms with Gasteiger partial charge in [-0.25, -0.2) is 14.4 Å². The zero-order valence-electron chi connectivity index (χ0n) is 39.0. The Morgan fingerprint density at radius 2 is 1.60 bits per heavy atom. The number of imide groups is 1. The highest BCUT2D eigenvalue weighted by Crippen LogP contribution is 2.42. The summed E-state index contributed by atoms with van der Waals surface area (Å²) in [6.45, 7) is 3.09. The smallest absolute Gasteiger partial charge is 0.255 e. The Hall–Kier alpha value is -5.57. The van der Waals surface area contributed by atoms with Crippen LogP contribution in [0.1, 0.15) is 92.2 Å². The Morgan fingerprint density at radius 1 is 0.871 bits per heavy atom. The molecule has 5 N–H and O–H groups in total. The molecule has 0 spiro atoms. The Balaban J connectivity index is 0.686. The van der Waals surface area contributed by atoms with Crippen LogP contribution in [0.2, 0.25) is 5.02 Å². The van der Waals surface area contributed by atoms with Crippen molar-refractivity contribution in [2.45, 2.75) is 108 Å². The molecule has 1 saturated heterocycles. The highest BCUT2D eigenvalue weighted by atomic mass is 35.5. The number of amides is 5. The second-order valence-corrected chi connectivity index (χ2v) is 19.4. The quantitative estimate of drug-likeness (QED) is 0.0399. The summed E-state index contributed by atoms with van der Waals surface area (Å²) in [6, 6.07) is 15.3.